The minimum Gasteiger partial charge on any atom is -0.361 e. The highest BCUT2D eigenvalue weighted by molar-refractivity contribution is 5.78. The minimum atomic E-state index is -0.182. The lowest BCUT2D eigenvalue weighted by Crippen LogP contribution is -2.39. The number of hydrogen-bond donors (Lipinski definition) is 1. The molecule has 0 aliphatic carbocycles. The zero-order chi connectivity index (χ0) is 12.3. The first-order chi connectivity index (χ1) is 7.41. The van der Waals surface area contributed by atoms with E-state index in [2.05, 4.69) is 5.16 Å². The van der Waals surface area contributed by atoms with Crippen LogP contribution in [0.1, 0.15) is 25.3 Å². The number of carbonyl (C=O) groups excluding carboxylic acids is 1. The molecule has 0 aromatic carbocycles. The van der Waals surface area contributed by atoms with Gasteiger partial charge in [-0.1, -0.05) is 12.1 Å². The van der Waals surface area contributed by atoms with Crippen LogP contribution in [0.2, 0.25) is 0 Å². The first-order valence-electron chi connectivity index (χ1n) is 5.34. The molecule has 2 unspecified atom stereocenters. The zero-order valence-electron chi connectivity index (χ0n) is 10.2. The number of carbonyl (C=O) groups is 1. The van der Waals surface area contributed by atoms with Gasteiger partial charge in [0.05, 0.1) is 12.5 Å². The smallest absolute Gasteiger partial charge is 0.227 e. The van der Waals surface area contributed by atoms with E-state index >= 15 is 0 Å². The maximum absolute atomic E-state index is 11.9. The summed E-state index contributed by atoms with van der Waals surface area (Å²) < 4.78 is 4.94. The van der Waals surface area contributed by atoms with Gasteiger partial charge in [0.15, 0.2) is 0 Å². The molecule has 5 nitrogen and oxygen atoms in total. The second kappa shape index (κ2) is 5.12. The van der Waals surface area contributed by atoms with Crippen molar-refractivity contribution in [3.05, 3.63) is 17.5 Å². The molecule has 90 valence electrons. The van der Waals surface area contributed by atoms with Gasteiger partial charge in [-0.3, -0.25) is 4.79 Å². The molecule has 16 heavy (non-hydrogen) atoms. The normalized spacial score (nSPS) is 14.6. The Labute approximate surface area is 95.6 Å². The van der Waals surface area contributed by atoms with E-state index in [1.165, 1.54) is 0 Å². The molecule has 2 atom stereocenters. The van der Waals surface area contributed by atoms with E-state index in [4.69, 9.17) is 10.3 Å². The molecule has 0 spiro atoms. The first-order valence-corrected chi connectivity index (χ1v) is 5.34. The van der Waals surface area contributed by atoms with Gasteiger partial charge in [0, 0.05) is 19.2 Å². The van der Waals surface area contributed by atoms with Crippen molar-refractivity contribution in [1.29, 1.82) is 0 Å². The van der Waals surface area contributed by atoms with Crippen molar-refractivity contribution >= 4 is 5.91 Å². The van der Waals surface area contributed by atoms with Crippen molar-refractivity contribution in [3.8, 4) is 0 Å². The molecule has 0 radical (unpaired) electrons. The average molecular weight is 225 g/mol. The minimum absolute atomic E-state index is 0.0238. The lowest BCUT2D eigenvalue weighted by atomic mass is 10.0. The van der Waals surface area contributed by atoms with Crippen LogP contribution < -0.4 is 5.73 Å². The van der Waals surface area contributed by atoms with Crippen LogP contribution >= 0.6 is 0 Å². The van der Waals surface area contributed by atoms with Crippen molar-refractivity contribution in [2.24, 2.45) is 11.7 Å². The third kappa shape index (κ3) is 3.06. The van der Waals surface area contributed by atoms with Crippen LogP contribution in [0, 0.1) is 12.8 Å². The number of nitrogens with zero attached hydrogens (tertiary/aromatic N) is 2. The Balaban J connectivity index is 2.58. The van der Waals surface area contributed by atoms with Crippen molar-refractivity contribution in [1.82, 2.24) is 10.1 Å². The topological polar surface area (TPSA) is 72.4 Å². The third-order valence-electron chi connectivity index (χ3n) is 2.63. The first kappa shape index (κ1) is 12.7. The van der Waals surface area contributed by atoms with Crippen molar-refractivity contribution in [2.45, 2.75) is 33.4 Å². The molecular formula is C11H19N3O2. The molecule has 1 aromatic rings. The van der Waals surface area contributed by atoms with E-state index < -0.39 is 0 Å². The summed E-state index contributed by atoms with van der Waals surface area (Å²) in [6.45, 7) is 5.93. The summed E-state index contributed by atoms with van der Waals surface area (Å²) in [7, 11) is 1.74. The van der Waals surface area contributed by atoms with E-state index in [1.54, 1.807) is 11.9 Å². The van der Waals surface area contributed by atoms with Gasteiger partial charge in [0.2, 0.25) is 5.91 Å². The summed E-state index contributed by atoms with van der Waals surface area (Å²) >= 11 is 0. The highest BCUT2D eigenvalue weighted by atomic mass is 16.5. The van der Waals surface area contributed by atoms with Gasteiger partial charge in [-0.2, -0.15) is 0 Å². The highest BCUT2D eigenvalue weighted by Gasteiger charge is 2.21. The lowest BCUT2D eigenvalue weighted by molar-refractivity contribution is -0.134. The predicted octanol–water partition coefficient (Wildman–Crippen LogP) is 0.925. The predicted molar refractivity (Wildman–Crippen MR) is 60.5 cm³/mol. The van der Waals surface area contributed by atoms with Crippen LogP contribution in [0.15, 0.2) is 10.6 Å². The number of aryl methyl sites for hydroxylation is 1. The third-order valence-corrected chi connectivity index (χ3v) is 2.63. The van der Waals surface area contributed by atoms with E-state index in [1.807, 2.05) is 26.8 Å². The van der Waals surface area contributed by atoms with Crippen LogP contribution in [0.5, 0.6) is 0 Å². The van der Waals surface area contributed by atoms with Crippen LogP contribution in [0.25, 0.3) is 0 Å². The SMILES string of the molecule is Cc1cc(CN(C)C(=O)C(C)C(C)N)no1. The zero-order valence-corrected chi connectivity index (χ0v) is 10.2. The molecule has 1 amide bonds. The standard InChI is InChI=1S/C11H19N3O2/c1-7-5-10(13-16-7)6-14(4)11(15)8(2)9(3)12/h5,8-9H,6,12H2,1-4H3. The number of hydrogen-bond acceptors (Lipinski definition) is 4. The number of amides is 1. The van der Waals surface area contributed by atoms with Crippen molar-refractivity contribution in [3.63, 3.8) is 0 Å². The second-order valence-corrected chi connectivity index (χ2v) is 4.27. The van der Waals surface area contributed by atoms with Crippen LogP contribution in [0.3, 0.4) is 0 Å². The number of aromatic nitrogens is 1. The van der Waals surface area contributed by atoms with E-state index in [9.17, 15) is 4.79 Å². The fourth-order valence-electron chi connectivity index (χ4n) is 1.39. The van der Waals surface area contributed by atoms with E-state index in [-0.39, 0.29) is 17.9 Å². The Kier molecular flexibility index (Phi) is 4.06. The van der Waals surface area contributed by atoms with Crippen LogP contribution in [0.4, 0.5) is 0 Å². The van der Waals surface area contributed by atoms with Gasteiger partial charge < -0.3 is 15.2 Å². The molecule has 0 fully saturated rings. The molecule has 0 aliphatic rings. The Morgan fingerprint density at radius 2 is 2.25 bits per heavy atom. The molecular weight excluding hydrogens is 206 g/mol. The van der Waals surface area contributed by atoms with Crippen molar-refractivity contribution in [2.75, 3.05) is 7.05 Å². The molecule has 0 saturated heterocycles. The fourth-order valence-corrected chi connectivity index (χ4v) is 1.39. The summed E-state index contributed by atoms with van der Waals surface area (Å²) in [5.74, 6) is 0.588. The lowest BCUT2D eigenvalue weighted by Gasteiger charge is -2.22. The fraction of sp³-hybridized carbons (Fsp3) is 0.636. The maximum atomic E-state index is 11.9. The van der Waals surface area contributed by atoms with Gasteiger partial charge in [-0.05, 0) is 13.8 Å². The maximum Gasteiger partial charge on any atom is 0.227 e. The number of rotatable bonds is 4. The Morgan fingerprint density at radius 3 is 2.69 bits per heavy atom. The number of nitrogens with two attached hydrogens (primary N) is 1. The van der Waals surface area contributed by atoms with Gasteiger partial charge in [-0.15, -0.1) is 0 Å². The summed E-state index contributed by atoms with van der Waals surface area (Å²) in [6.07, 6.45) is 0. The van der Waals surface area contributed by atoms with E-state index in [0.29, 0.717) is 6.54 Å². The summed E-state index contributed by atoms with van der Waals surface area (Å²) in [4.78, 5) is 13.5. The summed E-state index contributed by atoms with van der Waals surface area (Å²) in [6, 6.07) is 1.68. The molecule has 0 bridgehead atoms. The molecule has 1 rings (SSSR count). The molecule has 1 heterocycles. The molecule has 2 N–H and O–H groups in total. The highest BCUT2D eigenvalue weighted by Crippen LogP contribution is 2.09. The second-order valence-electron chi connectivity index (χ2n) is 4.27. The average Bonchev–Trinajstić information content (AvgIpc) is 2.61. The molecule has 1 aromatic heterocycles. The van der Waals surface area contributed by atoms with E-state index in [0.717, 1.165) is 11.5 Å². The van der Waals surface area contributed by atoms with Crippen molar-refractivity contribution < 1.29 is 9.32 Å². The largest absolute Gasteiger partial charge is 0.361 e. The monoisotopic (exact) mass is 225 g/mol. The molecule has 0 saturated carbocycles. The Bertz CT molecular complexity index is 360. The van der Waals surface area contributed by atoms with Gasteiger partial charge in [0.1, 0.15) is 11.5 Å². The molecule has 5 heteroatoms. The Morgan fingerprint density at radius 1 is 1.62 bits per heavy atom. The van der Waals surface area contributed by atoms with Gasteiger partial charge >= 0.3 is 0 Å². The summed E-state index contributed by atoms with van der Waals surface area (Å²) in [5.41, 5.74) is 6.45. The van der Waals surface area contributed by atoms with Crippen LogP contribution in [-0.4, -0.2) is 29.1 Å². The van der Waals surface area contributed by atoms with Gasteiger partial charge in [0.25, 0.3) is 0 Å². The quantitative estimate of drug-likeness (QED) is 0.827. The molecule has 0 aliphatic heterocycles. The van der Waals surface area contributed by atoms with Gasteiger partial charge in [-0.25, -0.2) is 0 Å². The summed E-state index contributed by atoms with van der Waals surface area (Å²) in [5, 5.41) is 3.84. The Hall–Kier alpha value is -1.36. The van der Waals surface area contributed by atoms with Crippen LogP contribution in [-0.2, 0) is 11.3 Å².